The summed E-state index contributed by atoms with van der Waals surface area (Å²) < 4.78 is 27.1. The first-order valence-electron chi connectivity index (χ1n) is 5.26. The quantitative estimate of drug-likeness (QED) is 0.342. The van der Waals surface area contributed by atoms with Crippen LogP contribution in [-0.2, 0) is 0 Å². The van der Waals surface area contributed by atoms with Crippen LogP contribution in [0.3, 0.4) is 0 Å². The van der Waals surface area contributed by atoms with Crippen molar-refractivity contribution in [2.75, 3.05) is 5.43 Å². The maximum absolute atomic E-state index is 13.8. The molecule has 1 N–H and O–H groups in total. The molecule has 0 aliphatic heterocycles. The van der Waals surface area contributed by atoms with Crippen molar-refractivity contribution in [3.8, 4) is 0 Å². The van der Waals surface area contributed by atoms with Gasteiger partial charge in [-0.2, -0.15) is 5.10 Å². The summed E-state index contributed by atoms with van der Waals surface area (Å²) in [6.45, 7) is 0. The summed E-state index contributed by atoms with van der Waals surface area (Å²) in [6, 6.07) is 10.4. The van der Waals surface area contributed by atoms with Gasteiger partial charge in [-0.1, -0.05) is 18.2 Å². The van der Waals surface area contributed by atoms with Gasteiger partial charge in [-0.15, -0.1) is 0 Å². The minimum atomic E-state index is -0.703. The standard InChI is InChI=1S/C13H8Br2F2N2/c14-10-6-11(16)12(15)13(17)9(10)7-18-19-8-4-2-1-3-5-8/h1-7,19H. The fourth-order valence-electron chi connectivity index (χ4n) is 1.38. The van der Waals surface area contributed by atoms with E-state index in [9.17, 15) is 8.78 Å². The largest absolute Gasteiger partial charge is 0.279 e. The van der Waals surface area contributed by atoms with E-state index in [0.717, 1.165) is 5.69 Å². The SMILES string of the molecule is Fc1cc(Br)c(C=NNc2ccccc2)c(F)c1Br. The Balaban J connectivity index is 2.22. The van der Waals surface area contributed by atoms with Gasteiger partial charge in [0.25, 0.3) is 0 Å². The lowest BCUT2D eigenvalue weighted by Crippen LogP contribution is -1.97. The van der Waals surface area contributed by atoms with E-state index in [-0.39, 0.29) is 10.0 Å². The van der Waals surface area contributed by atoms with Gasteiger partial charge >= 0.3 is 0 Å². The molecule has 0 spiro atoms. The van der Waals surface area contributed by atoms with Gasteiger partial charge in [0.15, 0.2) is 0 Å². The van der Waals surface area contributed by atoms with E-state index in [1.807, 2.05) is 30.3 Å². The summed E-state index contributed by atoms with van der Waals surface area (Å²) >= 11 is 5.95. The molecular weight excluding hydrogens is 382 g/mol. The number of para-hydroxylation sites is 1. The Labute approximate surface area is 125 Å². The molecule has 6 heteroatoms. The van der Waals surface area contributed by atoms with E-state index >= 15 is 0 Å². The van der Waals surface area contributed by atoms with Crippen molar-refractivity contribution in [3.63, 3.8) is 0 Å². The number of hydrogen-bond donors (Lipinski definition) is 1. The van der Waals surface area contributed by atoms with Crippen LogP contribution in [0.2, 0.25) is 0 Å². The highest BCUT2D eigenvalue weighted by Gasteiger charge is 2.14. The number of nitrogens with zero attached hydrogens (tertiary/aromatic N) is 1. The Kier molecular flexibility index (Phi) is 4.66. The minimum Gasteiger partial charge on any atom is -0.279 e. The van der Waals surface area contributed by atoms with Gasteiger partial charge in [0, 0.05) is 10.0 Å². The second-order valence-electron chi connectivity index (χ2n) is 3.62. The fraction of sp³-hybridized carbons (Fsp3) is 0. The zero-order valence-corrected chi connectivity index (χ0v) is 12.7. The number of hydrogen-bond acceptors (Lipinski definition) is 2. The molecular formula is C13H8Br2F2N2. The van der Waals surface area contributed by atoms with E-state index in [2.05, 4.69) is 42.4 Å². The van der Waals surface area contributed by atoms with Gasteiger partial charge < -0.3 is 0 Å². The number of rotatable bonds is 3. The average molecular weight is 390 g/mol. The van der Waals surface area contributed by atoms with E-state index in [1.165, 1.54) is 12.3 Å². The van der Waals surface area contributed by atoms with E-state index in [1.54, 1.807) is 0 Å². The Morgan fingerprint density at radius 3 is 2.47 bits per heavy atom. The zero-order valence-electron chi connectivity index (χ0n) is 9.50. The molecule has 0 aromatic heterocycles. The molecule has 2 aromatic carbocycles. The van der Waals surface area contributed by atoms with Crippen LogP contribution >= 0.6 is 31.9 Å². The summed E-state index contributed by atoms with van der Waals surface area (Å²) in [5.74, 6) is -1.37. The molecule has 0 aliphatic carbocycles. The van der Waals surface area contributed by atoms with Gasteiger partial charge in [-0.05, 0) is 50.1 Å². The summed E-state index contributed by atoms with van der Waals surface area (Å²) in [5.41, 5.74) is 3.69. The maximum Gasteiger partial charge on any atom is 0.150 e. The Hall–Kier alpha value is -1.27. The Bertz CT molecular complexity index is 616. The molecule has 0 saturated heterocycles. The first-order chi connectivity index (χ1) is 9.09. The van der Waals surface area contributed by atoms with Crippen LogP contribution < -0.4 is 5.43 Å². The molecule has 0 radical (unpaired) electrons. The third-order valence-corrected chi connectivity index (χ3v) is 3.69. The average Bonchev–Trinajstić information content (AvgIpc) is 2.41. The minimum absolute atomic E-state index is 0.164. The van der Waals surface area contributed by atoms with Crippen LogP contribution in [0.1, 0.15) is 5.56 Å². The van der Waals surface area contributed by atoms with Gasteiger partial charge in [-0.25, -0.2) is 8.78 Å². The highest BCUT2D eigenvalue weighted by Crippen LogP contribution is 2.28. The van der Waals surface area contributed by atoms with Crippen molar-refractivity contribution in [1.82, 2.24) is 0 Å². The van der Waals surface area contributed by atoms with Crippen LogP contribution in [-0.4, -0.2) is 6.21 Å². The summed E-state index contributed by atoms with van der Waals surface area (Å²) in [7, 11) is 0. The van der Waals surface area contributed by atoms with Crippen LogP contribution in [0.25, 0.3) is 0 Å². The van der Waals surface area contributed by atoms with Crippen molar-refractivity contribution in [2.45, 2.75) is 0 Å². The predicted octanol–water partition coefficient (Wildman–Crippen LogP) is 4.94. The molecule has 0 atom stereocenters. The summed E-state index contributed by atoms with van der Waals surface area (Å²) in [6.07, 6.45) is 1.29. The molecule has 2 nitrogen and oxygen atoms in total. The zero-order chi connectivity index (χ0) is 13.8. The lowest BCUT2D eigenvalue weighted by Gasteiger charge is -2.04. The van der Waals surface area contributed by atoms with Gasteiger partial charge in [-0.3, -0.25) is 5.43 Å². The third-order valence-electron chi connectivity index (χ3n) is 2.31. The van der Waals surface area contributed by atoms with Gasteiger partial charge in [0.05, 0.1) is 16.4 Å². The molecule has 0 saturated carbocycles. The monoisotopic (exact) mass is 388 g/mol. The van der Waals surface area contributed by atoms with Crippen LogP contribution in [0, 0.1) is 11.6 Å². The van der Waals surface area contributed by atoms with E-state index in [4.69, 9.17) is 0 Å². The first kappa shape index (κ1) is 14.1. The number of halogens is 4. The van der Waals surface area contributed by atoms with Crippen molar-refractivity contribution in [2.24, 2.45) is 5.10 Å². The molecule has 0 bridgehead atoms. The molecule has 98 valence electrons. The normalized spacial score (nSPS) is 10.9. The van der Waals surface area contributed by atoms with Crippen molar-refractivity contribution >= 4 is 43.8 Å². The number of nitrogens with one attached hydrogen (secondary N) is 1. The Morgan fingerprint density at radius 1 is 1.11 bits per heavy atom. The van der Waals surface area contributed by atoms with Crippen molar-refractivity contribution in [1.29, 1.82) is 0 Å². The molecule has 2 rings (SSSR count). The molecule has 2 aromatic rings. The highest BCUT2D eigenvalue weighted by atomic mass is 79.9. The van der Waals surface area contributed by atoms with E-state index in [0.29, 0.717) is 4.47 Å². The van der Waals surface area contributed by atoms with E-state index < -0.39 is 11.6 Å². The lowest BCUT2D eigenvalue weighted by molar-refractivity contribution is 0.569. The fourth-order valence-corrected chi connectivity index (χ4v) is 2.19. The molecule has 0 aliphatic rings. The lowest BCUT2D eigenvalue weighted by atomic mass is 10.2. The second-order valence-corrected chi connectivity index (χ2v) is 5.27. The topological polar surface area (TPSA) is 24.4 Å². The molecule has 0 amide bonds. The predicted molar refractivity (Wildman–Crippen MR) is 79.4 cm³/mol. The van der Waals surface area contributed by atoms with Crippen molar-refractivity contribution < 1.29 is 8.78 Å². The van der Waals surface area contributed by atoms with Gasteiger partial charge in [0.2, 0.25) is 0 Å². The maximum atomic E-state index is 13.8. The number of benzene rings is 2. The summed E-state index contributed by atoms with van der Waals surface area (Å²) in [5, 5.41) is 3.92. The number of hydrazone groups is 1. The molecule has 0 fully saturated rings. The molecule has 0 unspecified atom stereocenters. The van der Waals surface area contributed by atoms with Crippen LogP contribution in [0.15, 0.2) is 50.4 Å². The van der Waals surface area contributed by atoms with Crippen LogP contribution in [0.4, 0.5) is 14.5 Å². The third kappa shape index (κ3) is 3.39. The highest BCUT2D eigenvalue weighted by molar-refractivity contribution is 9.11. The molecule has 19 heavy (non-hydrogen) atoms. The smallest absolute Gasteiger partial charge is 0.150 e. The van der Waals surface area contributed by atoms with Crippen molar-refractivity contribution in [3.05, 3.63) is 62.5 Å². The Morgan fingerprint density at radius 2 is 1.79 bits per heavy atom. The number of anilines is 1. The second kappa shape index (κ2) is 6.25. The summed E-state index contributed by atoms with van der Waals surface area (Å²) in [4.78, 5) is 0. The first-order valence-corrected chi connectivity index (χ1v) is 6.85. The van der Waals surface area contributed by atoms with Gasteiger partial charge in [0.1, 0.15) is 11.6 Å². The van der Waals surface area contributed by atoms with Crippen LogP contribution in [0.5, 0.6) is 0 Å². The molecule has 0 heterocycles.